The number of halogens is 2. The Morgan fingerprint density at radius 3 is 2.90 bits per heavy atom. The van der Waals surface area contributed by atoms with Crippen LogP contribution in [0, 0.1) is 0 Å². The molecule has 1 atom stereocenters. The van der Waals surface area contributed by atoms with E-state index in [9.17, 15) is 4.79 Å². The van der Waals surface area contributed by atoms with Gasteiger partial charge in [0.15, 0.2) is 11.5 Å². The van der Waals surface area contributed by atoms with E-state index in [1.807, 2.05) is 35.7 Å². The third-order valence-electron chi connectivity index (χ3n) is 2.94. The van der Waals surface area contributed by atoms with Gasteiger partial charge >= 0.3 is 0 Å². The van der Waals surface area contributed by atoms with Crippen molar-refractivity contribution >= 4 is 54.8 Å². The fraction of sp³-hybridized carbons (Fsp3) is 0.154. The predicted octanol–water partition coefficient (Wildman–Crippen LogP) is 3.81. The molecule has 3 rings (SSSR count). The highest BCUT2D eigenvalue weighted by Gasteiger charge is 2.18. The minimum atomic E-state index is -0.241. The largest absolute Gasteiger partial charge is 0.342 e. The summed E-state index contributed by atoms with van der Waals surface area (Å²) in [6.07, 6.45) is 1.88. The highest BCUT2D eigenvalue weighted by atomic mass is 79.9. The van der Waals surface area contributed by atoms with Crippen molar-refractivity contribution in [2.24, 2.45) is 0 Å². The average molecular weight is 430 g/mol. The molecule has 5 nitrogen and oxygen atoms in total. The van der Waals surface area contributed by atoms with E-state index >= 15 is 0 Å². The number of hydrogen-bond acceptors (Lipinski definition) is 4. The van der Waals surface area contributed by atoms with E-state index in [0.29, 0.717) is 10.7 Å². The van der Waals surface area contributed by atoms with Crippen LogP contribution in [0.5, 0.6) is 0 Å². The van der Waals surface area contributed by atoms with E-state index < -0.39 is 0 Å². The zero-order chi connectivity index (χ0) is 15.0. The first kappa shape index (κ1) is 14.7. The third-order valence-corrected chi connectivity index (χ3v) is 6.20. The Kier molecular flexibility index (Phi) is 4.10. The van der Waals surface area contributed by atoms with Crippen molar-refractivity contribution in [2.45, 2.75) is 13.0 Å². The standard InChI is InChI=1S/C13H10Br2N4OS/c1-7(12-18-17-10-4-2-3-5-19(10)12)16-13(20)9-6-8(14)11(15)21-9/h2-7H,1H3,(H,16,20). The van der Waals surface area contributed by atoms with Crippen LogP contribution in [0.4, 0.5) is 0 Å². The summed E-state index contributed by atoms with van der Waals surface area (Å²) in [5.41, 5.74) is 0.759. The van der Waals surface area contributed by atoms with Crippen LogP contribution in [0.3, 0.4) is 0 Å². The normalized spacial score (nSPS) is 12.5. The van der Waals surface area contributed by atoms with Crippen molar-refractivity contribution in [1.29, 1.82) is 0 Å². The Morgan fingerprint density at radius 2 is 2.19 bits per heavy atom. The van der Waals surface area contributed by atoms with Crippen LogP contribution in [-0.2, 0) is 0 Å². The number of nitrogens with zero attached hydrogens (tertiary/aromatic N) is 3. The van der Waals surface area contributed by atoms with Gasteiger partial charge in [0.1, 0.15) is 0 Å². The summed E-state index contributed by atoms with van der Waals surface area (Å²) >= 11 is 8.15. The summed E-state index contributed by atoms with van der Waals surface area (Å²) in [4.78, 5) is 12.9. The fourth-order valence-electron chi connectivity index (χ4n) is 1.95. The van der Waals surface area contributed by atoms with E-state index in [1.54, 1.807) is 6.07 Å². The summed E-state index contributed by atoms with van der Waals surface area (Å²) in [6, 6.07) is 7.23. The molecule has 0 saturated heterocycles. The van der Waals surface area contributed by atoms with Crippen LogP contribution >= 0.6 is 43.2 Å². The molecule has 0 saturated carbocycles. The molecule has 0 fully saturated rings. The zero-order valence-electron chi connectivity index (χ0n) is 10.9. The quantitative estimate of drug-likeness (QED) is 0.688. The number of pyridine rings is 1. The maximum atomic E-state index is 12.3. The molecule has 1 N–H and O–H groups in total. The SMILES string of the molecule is CC(NC(=O)c1cc(Br)c(Br)s1)c1nnc2ccccn12. The number of nitrogens with one attached hydrogen (secondary N) is 1. The lowest BCUT2D eigenvalue weighted by Crippen LogP contribution is -2.27. The Bertz CT molecular complexity index is 794. The van der Waals surface area contributed by atoms with E-state index in [1.165, 1.54) is 11.3 Å². The zero-order valence-corrected chi connectivity index (χ0v) is 14.9. The van der Waals surface area contributed by atoms with Crippen molar-refractivity contribution in [1.82, 2.24) is 19.9 Å². The van der Waals surface area contributed by atoms with Crippen LogP contribution in [0.1, 0.15) is 28.5 Å². The fourth-order valence-corrected chi connectivity index (χ4v) is 3.88. The maximum Gasteiger partial charge on any atom is 0.262 e. The molecule has 0 radical (unpaired) electrons. The first-order chi connectivity index (χ1) is 10.1. The molecule has 3 heterocycles. The van der Waals surface area contributed by atoms with Gasteiger partial charge in [0, 0.05) is 10.7 Å². The van der Waals surface area contributed by atoms with Crippen LogP contribution < -0.4 is 5.32 Å². The lowest BCUT2D eigenvalue weighted by atomic mass is 10.3. The van der Waals surface area contributed by atoms with Crippen molar-refractivity contribution in [3.05, 3.63) is 49.4 Å². The van der Waals surface area contributed by atoms with Crippen LogP contribution in [-0.4, -0.2) is 20.5 Å². The molecule has 1 amide bonds. The minimum absolute atomic E-state index is 0.133. The topological polar surface area (TPSA) is 59.3 Å². The second-order valence-electron chi connectivity index (χ2n) is 4.41. The van der Waals surface area contributed by atoms with Crippen LogP contribution in [0.15, 0.2) is 38.7 Å². The van der Waals surface area contributed by atoms with E-state index in [4.69, 9.17) is 0 Å². The van der Waals surface area contributed by atoms with Gasteiger partial charge in [-0.15, -0.1) is 21.5 Å². The molecule has 0 spiro atoms. The van der Waals surface area contributed by atoms with Crippen molar-refractivity contribution in [3.8, 4) is 0 Å². The number of hydrogen-bond donors (Lipinski definition) is 1. The molecule has 1 unspecified atom stereocenters. The molecule has 21 heavy (non-hydrogen) atoms. The molecule has 3 aromatic rings. The Hall–Kier alpha value is -1.25. The van der Waals surface area contributed by atoms with E-state index in [2.05, 4.69) is 47.4 Å². The molecule has 3 aromatic heterocycles. The molecule has 0 bridgehead atoms. The smallest absolute Gasteiger partial charge is 0.262 e. The Morgan fingerprint density at radius 1 is 1.38 bits per heavy atom. The van der Waals surface area contributed by atoms with Gasteiger partial charge in [0.25, 0.3) is 5.91 Å². The first-order valence-electron chi connectivity index (χ1n) is 6.11. The molecular formula is C13H10Br2N4OS. The lowest BCUT2D eigenvalue weighted by Gasteiger charge is -2.11. The van der Waals surface area contributed by atoms with Gasteiger partial charge in [0.2, 0.25) is 0 Å². The predicted molar refractivity (Wildman–Crippen MR) is 88.6 cm³/mol. The second kappa shape index (κ2) is 5.86. The molecule has 0 aliphatic rings. The number of aromatic nitrogens is 3. The van der Waals surface area contributed by atoms with Gasteiger partial charge in [-0.2, -0.15) is 0 Å². The lowest BCUT2D eigenvalue weighted by molar-refractivity contribution is 0.0942. The maximum absolute atomic E-state index is 12.3. The number of amides is 1. The molecular weight excluding hydrogens is 420 g/mol. The van der Waals surface area contributed by atoms with Gasteiger partial charge in [-0.05, 0) is 57.0 Å². The second-order valence-corrected chi connectivity index (χ2v) is 7.64. The molecule has 0 aliphatic carbocycles. The average Bonchev–Trinajstić information content (AvgIpc) is 3.03. The first-order valence-corrected chi connectivity index (χ1v) is 8.52. The summed E-state index contributed by atoms with van der Waals surface area (Å²) in [6.45, 7) is 1.89. The summed E-state index contributed by atoms with van der Waals surface area (Å²) < 4.78 is 3.64. The highest BCUT2D eigenvalue weighted by Crippen LogP contribution is 2.32. The van der Waals surface area contributed by atoms with Gasteiger partial charge in [-0.25, -0.2) is 0 Å². The number of rotatable bonds is 3. The number of carbonyl (C=O) groups excluding carboxylic acids is 1. The van der Waals surface area contributed by atoms with E-state index in [-0.39, 0.29) is 11.9 Å². The molecule has 8 heteroatoms. The summed E-state index contributed by atoms with van der Waals surface area (Å²) in [5.74, 6) is 0.570. The third kappa shape index (κ3) is 2.88. The number of carbonyl (C=O) groups is 1. The van der Waals surface area contributed by atoms with Gasteiger partial charge in [-0.1, -0.05) is 6.07 Å². The van der Waals surface area contributed by atoms with Gasteiger partial charge < -0.3 is 5.32 Å². The molecule has 0 aliphatic heterocycles. The summed E-state index contributed by atoms with van der Waals surface area (Å²) in [7, 11) is 0. The van der Waals surface area contributed by atoms with Gasteiger partial charge in [0.05, 0.1) is 14.7 Å². The van der Waals surface area contributed by atoms with E-state index in [0.717, 1.165) is 13.9 Å². The van der Waals surface area contributed by atoms with Crippen LogP contribution in [0.25, 0.3) is 5.65 Å². The number of fused-ring (bicyclic) bond motifs is 1. The Balaban J connectivity index is 1.82. The highest BCUT2D eigenvalue weighted by molar-refractivity contribution is 9.13. The molecule has 0 aromatic carbocycles. The molecule has 108 valence electrons. The van der Waals surface area contributed by atoms with Crippen molar-refractivity contribution in [2.75, 3.05) is 0 Å². The number of thiophene rings is 1. The summed E-state index contributed by atoms with van der Waals surface area (Å²) in [5, 5.41) is 11.2. The van der Waals surface area contributed by atoms with Crippen LogP contribution in [0.2, 0.25) is 0 Å². The van der Waals surface area contributed by atoms with Crippen molar-refractivity contribution in [3.63, 3.8) is 0 Å². The Labute approximate surface area is 141 Å². The van der Waals surface area contributed by atoms with Crippen molar-refractivity contribution < 1.29 is 4.79 Å². The minimum Gasteiger partial charge on any atom is -0.342 e. The monoisotopic (exact) mass is 428 g/mol. The van der Waals surface area contributed by atoms with Gasteiger partial charge in [-0.3, -0.25) is 9.20 Å².